The van der Waals surface area contributed by atoms with Gasteiger partial charge in [0.1, 0.15) is 0 Å². The van der Waals surface area contributed by atoms with Crippen LogP contribution in [-0.2, 0) is 6.54 Å². The molecule has 0 amide bonds. The first-order chi connectivity index (χ1) is 7.29. The Kier molecular flexibility index (Phi) is 3.78. The number of likely N-dealkylation sites (tertiary alicyclic amines) is 1. The van der Waals surface area contributed by atoms with Gasteiger partial charge in [0.05, 0.1) is 0 Å². The van der Waals surface area contributed by atoms with Crippen molar-refractivity contribution in [3.63, 3.8) is 0 Å². The SMILES string of the molecule is CC1CCN(Cc2ccsc2)C(CN)C1. The second kappa shape index (κ2) is 5.10. The summed E-state index contributed by atoms with van der Waals surface area (Å²) in [6.07, 6.45) is 2.58. The molecule has 2 rings (SSSR count). The molecular formula is C12H20N2S. The number of hydrogen-bond donors (Lipinski definition) is 1. The van der Waals surface area contributed by atoms with Crippen molar-refractivity contribution in [3.05, 3.63) is 22.4 Å². The average molecular weight is 224 g/mol. The Labute approximate surface area is 96.1 Å². The van der Waals surface area contributed by atoms with E-state index in [-0.39, 0.29) is 0 Å². The summed E-state index contributed by atoms with van der Waals surface area (Å²) in [5, 5.41) is 4.39. The fourth-order valence-electron chi connectivity index (χ4n) is 2.37. The molecule has 1 aromatic rings. The maximum absolute atomic E-state index is 5.85. The van der Waals surface area contributed by atoms with Crippen LogP contribution in [0.2, 0.25) is 0 Å². The monoisotopic (exact) mass is 224 g/mol. The third kappa shape index (κ3) is 2.80. The van der Waals surface area contributed by atoms with E-state index in [9.17, 15) is 0 Å². The average Bonchev–Trinajstić information content (AvgIpc) is 2.73. The van der Waals surface area contributed by atoms with E-state index < -0.39 is 0 Å². The normalized spacial score (nSPS) is 28.1. The van der Waals surface area contributed by atoms with Crippen LogP contribution in [0, 0.1) is 5.92 Å². The fraction of sp³-hybridized carbons (Fsp3) is 0.667. The molecule has 0 spiro atoms. The van der Waals surface area contributed by atoms with Crippen molar-refractivity contribution in [2.45, 2.75) is 32.4 Å². The molecule has 1 saturated heterocycles. The molecule has 1 aliphatic rings. The summed E-state index contributed by atoms with van der Waals surface area (Å²) in [5.74, 6) is 0.845. The van der Waals surface area contributed by atoms with Crippen molar-refractivity contribution in [2.75, 3.05) is 13.1 Å². The zero-order chi connectivity index (χ0) is 10.7. The highest BCUT2D eigenvalue weighted by molar-refractivity contribution is 7.07. The lowest BCUT2D eigenvalue weighted by Gasteiger charge is -2.37. The smallest absolute Gasteiger partial charge is 0.0245 e. The van der Waals surface area contributed by atoms with E-state index in [1.807, 2.05) is 0 Å². The molecule has 1 fully saturated rings. The highest BCUT2D eigenvalue weighted by Crippen LogP contribution is 2.23. The molecule has 0 saturated carbocycles. The molecule has 0 bridgehead atoms. The lowest BCUT2D eigenvalue weighted by molar-refractivity contribution is 0.115. The highest BCUT2D eigenvalue weighted by Gasteiger charge is 2.24. The van der Waals surface area contributed by atoms with Crippen LogP contribution >= 0.6 is 11.3 Å². The van der Waals surface area contributed by atoms with Gasteiger partial charge in [-0.3, -0.25) is 4.90 Å². The molecule has 0 aliphatic carbocycles. The molecule has 84 valence electrons. The third-order valence-electron chi connectivity index (χ3n) is 3.34. The predicted molar refractivity (Wildman–Crippen MR) is 66.0 cm³/mol. The maximum Gasteiger partial charge on any atom is 0.0245 e. The summed E-state index contributed by atoms with van der Waals surface area (Å²) in [6.45, 7) is 5.43. The van der Waals surface area contributed by atoms with Gasteiger partial charge in [-0.05, 0) is 47.7 Å². The van der Waals surface area contributed by atoms with E-state index in [4.69, 9.17) is 5.73 Å². The standard InChI is InChI=1S/C12H20N2S/c1-10-2-4-14(12(6-10)7-13)8-11-3-5-15-9-11/h3,5,9-10,12H,2,4,6-8,13H2,1H3. The first-order valence-electron chi connectivity index (χ1n) is 5.74. The van der Waals surface area contributed by atoms with Gasteiger partial charge in [-0.2, -0.15) is 11.3 Å². The molecule has 0 aromatic carbocycles. The Balaban J connectivity index is 1.95. The molecule has 15 heavy (non-hydrogen) atoms. The van der Waals surface area contributed by atoms with E-state index in [1.54, 1.807) is 11.3 Å². The first kappa shape index (κ1) is 11.1. The lowest BCUT2D eigenvalue weighted by Crippen LogP contribution is -2.45. The van der Waals surface area contributed by atoms with Crippen molar-refractivity contribution >= 4 is 11.3 Å². The van der Waals surface area contributed by atoms with Crippen molar-refractivity contribution in [1.82, 2.24) is 4.90 Å². The summed E-state index contributed by atoms with van der Waals surface area (Å²) in [4.78, 5) is 2.54. The second-order valence-corrected chi connectivity index (χ2v) is 5.40. The molecule has 3 heteroatoms. The number of hydrogen-bond acceptors (Lipinski definition) is 3. The van der Waals surface area contributed by atoms with Crippen LogP contribution in [0.5, 0.6) is 0 Å². The summed E-state index contributed by atoms with van der Waals surface area (Å²) in [7, 11) is 0. The van der Waals surface area contributed by atoms with Crippen LogP contribution in [-0.4, -0.2) is 24.0 Å². The van der Waals surface area contributed by atoms with Gasteiger partial charge in [-0.1, -0.05) is 6.92 Å². The minimum Gasteiger partial charge on any atom is -0.329 e. The number of rotatable bonds is 3. The Morgan fingerprint density at radius 3 is 3.13 bits per heavy atom. The Hall–Kier alpha value is -0.380. The Morgan fingerprint density at radius 1 is 1.60 bits per heavy atom. The third-order valence-corrected chi connectivity index (χ3v) is 4.07. The topological polar surface area (TPSA) is 29.3 Å². The maximum atomic E-state index is 5.85. The summed E-state index contributed by atoms with van der Waals surface area (Å²) >= 11 is 1.78. The minimum absolute atomic E-state index is 0.591. The minimum atomic E-state index is 0.591. The van der Waals surface area contributed by atoms with Crippen LogP contribution in [0.15, 0.2) is 16.8 Å². The van der Waals surface area contributed by atoms with Crippen molar-refractivity contribution in [3.8, 4) is 0 Å². The van der Waals surface area contributed by atoms with Crippen LogP contribution in [0.1, 0.15) is 25.3 Å². The number of nitrogens with two attached hydrogens (primary N) is 1. The fourth-order valence-corrected chi connectivity index (χ4v) is 3.03. The van der Waals surface area contributed by atoms with Crippen LogP contribution < -0.4 is 5.73 Å². The first-order valence-corrected chi connectivity index (χ1v) is 6.69. The lowest BCUT2D eigenvalue weighted by atomic mass is 9.92. The Bertz CT molecular complexity index is 284. The number of thiophene rings is 1. The largest absolute Gasteiger partial charge is 0.329 e. The number of nitrogens with zero attached hydrogens (tertiary/aromatic N) is 1. The van der Waals surface area contributed by atoms with Gasteiger partial charge in [-0.15, -0.1) is 0 Å². The predicted octanol–water partition coefficient (Wildman–Crippen LogP) is 2.31. The molecule has 2 nitrogen and oxygen atoms in total. The van der Waals surface area contributed by atoms with Crippen LogP contribution in [0.25, 0.3) is 0 Å². The molecule has 2 atom stereocenters. The molecule has 0 radical (unpaired) electrons. The number of piperidine rings is 1. The summed E-state index contributed by atoms with van der Waals surface area (Å²) < 4.78 is 0. The molecule has 2 unspecified atom stereocenters. The van der Waals surface area contributed by atoms with E-state index in [0.29, 0.717) is 6.04 Å². The van der Waals surface area contributed by atoms with E-state index in [0.717, 1.165) is 19.0 Å². The molecule has 2 heterocycles. The summed E-state index contributed by atoms with van der Waals surface area (Å²) in [5.41, 5.74) is 7.28. The Morgan fingerprint density at radius 2 is 2.47 bits per heavy atom. The molecular weight excluding hydrogens is 204 g/mol. The zero-order valence-electron chi connectivity index (χ0n) is 9.36. The highest BCUT2D eigenvalue weighted by atomic mass is 32.1. The molecule has 1 aliphatic heterocycles. The van der Waals surface area contributed by atoms with Gasteiger partial charge < -0.3 is 5.73 Å². The molecule has 2 N–H and O–H groups in total. The van der Waals surface area contributed by atoms with Gasteiger partial charge in [0.25, 0.3) is 0 Å². The zero-order valence-corrected chi connectivity index (χ0v) is 10.2. The summed E-state index contributed by atoms with van der Waals surface area (Å²) in [6, 6.07) is 2.81. The van der Waals surface area contributed by atoms with Crippen LogP contribution in [0.4, 0.5) is 0 Å². The second-order valence-electron chi connectivity index (χ2n) is 4.62. The van der Waals surface area contributed by atoms with Gasteiger partial charge in [0.2, 0.25) is 0 Å². The van der Waals surface area contributed by atoms with E-state index in [1.165, 1.54) is 24.9 Å². The van der Waals surface area contributed by atoms with Gasteiger partial charge >= 0.3 is 0 Å². The van der Waals surface area contributed by atoms with Gasteiger partial charge in [-0.25, -0.2) is 0 Å². The van der Waals surface area contributed by atoms with Crippen molar-refractivity contribution in [2.24, 2.45) is 11.7 Å². The quantitative estimate of drug-likeness (QED) is 0.853. The van der Waals surface area contributed by atoms with Crippen LogP contribution in [0.3, 0.4) is 0 Å². The van der Waals surface area contributed by atoms with E-state index in [2.05, 4.69) is 28.7 Å². The molecule has 1 aromatic heterocycles. The van der Waals surface area contributed by atoms with E-state index >= 15 is 0 Å². The van der Waals surface area contributed by atoms with Gasteiger partial charge in [0, 0.05) is 19.1 Å². The van der Waals surface area contributed by atoms with Crippen molar-refractivity contribution in [1.29, 1.82) is 0 Å². The van der Waals surface area contributed by atoms with Gasteiger partial charge in [0.15, 0.2) is 0 Å². The van der Waals surface area contributed by atoms with Crippen molar-refractivity contribution < 1.29 is 0 Å².